The van der Waals surface area contributed by atoms with Crippen LogP contribution in [-0.4, -0.2) is 6.61 Å². The van der Waals surface area contributed by atoms with Crippen LogP contribution in [0.2, 0.25) is 0 Å². The van der Waals surface area contributed by atoms with Gasteiger partial charge in [-0.15, -0.1) is 11.3 Å². The van der Waals surface area contributed by atoms with E-state index < -0.39 is 0 Å². The predicted octanol–water partition coefficient (Wildman–Crippen LogP) is 4.34. The van der Waals surface area contributed by atoms with Gasteiger partial charge in [0.1, 0.15) is 5.75 Å². The van der Waals surface area contributed by atoms with E-state index in [-0.39, 0.29) is 0 Å². The Hall–Kier alpha value is -0.800. The van der Waals surface area contributed by atoms with Crippen LogP contribution in [0.15, 0.2) is 28.7 Å². The van der Waals surface area contributed by atoms with E-state index in [1.165, 1.54) is 20.9 Å². The summed E-state index contributed by atoms with van der Waals surface area (Å²) in [5, 5.41) is 0. The van der Waals surface area contributed by atoms with Crippen molar-refractivity contribution in [3.05, 3.63) is 49.6 Å². The molecule has 0 atom stereocenters. The summed E-state index contributed by atoms with van der Waals surface area (Å²) < 4.78 is 6.90. The first kappa shape index (κ1) is 11.3. The molecular formula is C14H13BrOS. The van der Waals surface area contributed by atoms with Crippen molar-refractivity contribution in [2.45, 2.75) is 19.8 Å². The van der Waals surface area contributed by atoms with Gasteiger partial charge in [0.2, 0.25) is 0 Å². The highest BCUT2D eigenvalue weighted by Crippen LogP contribution is 2.35. The minimum absolute atomic E-state index is 0.822. The molecule has 88 valence electrons. The second-order valence-electron chi connectivity index (χ2n) is 4.34. The van der Waals surface area contributed by atoms with E-state index in [0.717, 1.165) is 29.7 Å². The fourth-order valence-corrected chi connectivity index (χ4v) is 3.71. The third kappa shape index (κ3) is 2.26. The molecule has 1 aliphatic heterocycles. The quantitative estimate of drug-likeness (QED) is 0.801. The molecule has 0 amide bonds. The second kappa shape index (κ2) is 4.46. The normalized spacial score (nSPS) is 13.5. The van der Waals surface area contributed by atoms with Crippen LogP contribution in [0.5, 0.6) is 5.75 Å². The summed E-state index contributed by atoms with van der Waals surface area (Å²) >= 11 is 5.45. The van der Waals surface area contributed by atoms with Crippen LogP contribution in [0.25, 0.3) is 0 Å². The first-order valence-electron chi connectivity index (χ1n) is 5.72. The summed E-state index contributed by atoms with van der Waals surface area (Å²) in [6.07, 6.45) is 2.01. The van der Waals surface area contributed by atoms with Crippen LogP contribution in [0.4, 0.5) is 0 Å². The van der Waals surface area contributed by atoms with Crippen molar-refractivity contribution in [2.75, 3.05) is 6.61 Å². The molecule has 1 nitrogen and oxygen atoms in total. The Balaban J connectivity index is 1.98. The fraction of sp³-hybridized carbons (Fsp3) is 0.286. The zero-order valence-corrected chi connectivity index (χ0v) is 12.0. The van der Waals surface area contributed by atoms with Crippen molar-refractivity contribution in [1.82, 2.24) is 0 Å². The third-order valence-electron chi connectivity index (χ3n) is 2.99. The molecule has 1 aromatic carbocycles. The third-order valence-corrected chi connectivity index (χ3v) is 4.44. The maximum Gasteiger partial charge on any atom is 0.126 e. The van der Waals surface area contributed by atoms with Crippen LogP contribution in [0, 0.1) is 6.92 Å². The maximum absolute atomic E-state index is 5.75. The average molecular weight is 309 g/mol. The van der Waals surface area contributed by atoms with E-state index in [1.54, 1.807) is 0 Å². The van der Waals surface area contributed by atoms with Crippen LogP contribution < -0.4 is 4.74 Å². The van der Waals surface area contributed by atoms with Crippen molar-refractivity contribution < 1.29 is 4.74 Å². The van der Waals surface area contributed by atoms with E-state index in [9.17, 15) is 0 Å². The van der Waals surface area contributed by atoms with Crippen molar-refractivity contribution >= 4 is 27.3 Å². The molecule has 0 spiro atoms. The molecule has 2 aromatic rings. The molecule has 17 heavy (non-hydrogen) atoms. The number of fused-ring (bicyclic) bond motifs is 1. The monoisotopic (exact) mass is 308 g/mol. The molecule has 0 bridgehead atoms. The molecule has 2 heterocycles. The molecule has 0 saturated carbocycles. The Kier molecular flexibility index (Phi) is 2.97. The maximum atomic E-state index is 5.75. The fourth-order valence-electron chi connectivity index (χ4n) is 2.25. The van der Waals surface area contributed by atoms with Gasteiger partial charge in [0.25, 0.3) is 0 Å². The Morgan fingerprint density at radius 3 is 3.00 bits per heavy atom. The van der Waals surface area contributed by atoms with Gasteiger partial charge in [-0.1, -0.05) is 15.9 Å². The highest BCUT2D eigenvalue weighted by molar-refractivity contribution is 9.10. The lowest BCUT2D eigenvalue weighted by Crippen LogP contribution is -1.92. The van der Waals surface area contributed by atoms with E-state index in [2.05, 4.69) is 47.1 Å². The predicted molar refractivity (Wildman–Crippen MR) is 75.2 cm³/mol. The molecule has 0 aliphatic carbocycles. The molecule has 0 fully saturated rings. The molecule has 1 aromatic heterocycles. The second-order valence-corrected chi connectivity index (χ2v) is 6.63. The van der Waals surface area contributed by atoms with Gasteiger partial charge in [0.05, 0.1) is 6.61 Å². The zero-order chi connectivity index (χ0) is 11.8. The Labute approximate surface area is 114 Å². The molecule has 1 aliphatic rings. The number of hydrogen-bond donors (Lipinski definition) is 0. The topological polar surface area (TPSA) is 9.23 Å². The lowest BCUT2D eigenvalue weighted by atomic mass is 10.1. The Bertz CT molecular complexity index is 559. The number of aryl methyl sites for hydroxylation is 1. The van der Waals surface area contributed by atoms with Crippen LogP contribution >= 0.6 is 27.3 Å². The van der Waals surface area contributed by atoms with Gasteiger partial charge >= 0.3 is 0 Å². The summed E-state index contributed by atoms with van der Waals surface area (Å²) in [5.41, 5.74) is 2.64. The minimum atomic E-state index is 0.822. The summed E-state index contributed by atoms with van der Waals surface area (Å²) in [5.74, 6) is 1.11. The van der Waals surface area contributed by atoms with Crippen molar-refractivity contribution in [3.63, 3.8) is 0 Å². The van der Waals surface area contributed by atoms with Gasteiger partial charge in [-0.2, -0.15) is 0 Å². The molecule has 0 saturated heterocycles. The average Bonchev–Trinajstić information content (AvgIpc) is 2.87. The standard InChI is InChI=1S/C14H13BrOS/c1-9-2-3-13(17-9)8-11-7-12(15)6-10-4-5-16-14(10)11/h2-3,6-7H,4-5,8H2,1H3. The van der Waals surface area contributed by atoms with Gasteiger partial charge in [0, 0.05) is 32.6 Å². The van der Waals surface area contributed by atoms with E-state index in [4.69, 9.17) is 4.74 Å². The number of benzene rings is 1. The van der Waals surface area contributed by atoms with Crippen LogP contribution in [0.1, 0.15) is 20.9 Å². The number of thiophene rings is 1. The van der Waals surface area contributed by atoms with Gasteiger partial charge in [-0.25, -0.2) is 0 Å². The molecule has 0 unspecified atom stereocenters. The van der Waals surface area contributed by atoms with E-state index >= 15 is 0 Å². The minimum Gasteiger partial charge on any atom is -0.493 e. The van der Waals surface area contributed by atoms with Gasteiger partial charge < -0.3 is 4.74 Å². The number of hydrogen-bond acceptors (Lipinski definition) is 2. The van der Waals surface area contributed by atoms with Crippen LogP contribution in [-0.2, 0) is 12.8 Å². The molecule has 3 heteroatoms. The van der Waals surface area contributed by atoms with Crippen molar-refractivity contribution in [1.29, 1.82) is 0 Å². The SMILES string of the molecule is Cc1ccc(Cc2cc(Br)cc3c2OCC3)s1. The summed E-state index contributed by atoms with van der Waals surface area (Å²) in [7, 11) is 0. The molecule has 0 N–H and O–H groups in total. The lowest BCUT2D eigenvalue weighted by molar-refractivity contribution is 0.354. The van der Waals surface area contributed by atoms with Gasteiger partial charge in [0.15, 0.2) is 0 Å². The molecule has 3 rings (SSSR count). The van der Waals surface area contributed by atoms with Crippen molar-refractivity contribution in [2.24, 2.45) is 0 Å². The van der Waals surface area contributed by atoms with Gasteiger partial charge in [-0.05, 0) is 36.8 Å². The van der Waals surface area contributed by atoms with E-state index in [1.807, 2.05) is 11.3 Å². The smallest absolute Gasteiger partial charge is 0.126 e. The highest BCUT2D eigenvalue weighted by atomic mass is 79.9. The largest absolute Gasteiger partial charge is 0.493 e. The molecule has 0 radical (unpaired) electrons. The summed E-state index contributed by atoms with van der Waals surface area (Å²) in [6, 6.07) is 8.74. The van der Waals surface area contributed by atoms with Crippen molar-refractivity contribution in [3.8, 4) is 5.75 Å². The lowest BCUT2D eigenvalue weighted by Gasteiger charge is -2.08. The van der Waals surface area contributed by atoms with E-state index in [0.29, 0.717) is 0 Å². The number of halogens is 1. The highest BCUT2D eigenvalue weighted by Gasteiger charge is 2.17. The summed E-state index contributed by atoms with van der Waals surface area (Å²) in [6.45, 7) is 2.97. The van der Waals surface area contributed by atoms with Crippen LogP contribution in [0.3, 0.4) is 0 Å². The Morgan fingerprint density at radius 1 is 1.35 bits per heavy atom. The first-order chi connectivity index (χ1) is 8.22. The first-order valence-corrected chi connectivity index (χ1v) is 7.33. The zero-order valence-electron chi connectivity index (χ0n) is 9.63. The Morgan fingerprint density at radius 2 is 2.24 bits per heavy atom. The van der Waals surface area contributed by atoms with Gasteiger partial charge in [-0.3, -0.25) is 0 Å². The number of ether oxygens (including phenoxy) is 1. The molecular weight excluding hydrogens is 296 g/mol. The summed E-state index contributed by atoms with van der Waals surface area (Å²) in [4.78, 5) is 2.77. The number of rotatable bonds is 2.